The minimum absolute atomic E-state index is 0.0686. The Kier molecular flexibility index (Phi) is 9.21. The summed E-state index contributed by atoms with van der Waals surface area (Å²) in [6.45, 7) is 0.520. The van der Waals surface area contributed by atoms with Crippen LogP contribution in [-0.4, -0.2) is 48.0 Å². The fraction of sp³-hybridized carbons (Fsp3) is 0.389. The first kappa shape index (κ1) is 21.8. The van der Waals surface area contributed by atoms with Crippen molar-refractivity contribution in [1.29, 1.82) is 0 Å². The number of amides is 2. The van der Waals surface area contributed by atoms with E-state index in [1.807, 2.05) is 0 Å². The second kappa shape index (κ2) is 11.4. The predicted molar refractivity (Wildman–Crippen MR) is 97.6 cm³/mol. The zero-order chi connectivity index (χ0) is 20.2. The van der Waals surface area contributed by atoms with E-state index >= 15 is 0 Å². The maximum Gasteiger partial charge on any atom is 0.303 e. The molecule has 0 aromatic heterocycles. The number of anilines is 1. The second-order valence-corrected chi connectivity index (χ2v) is 5.87. The van der Waals surface area contributed by atoms with Crippen molar-refractivity contribution in [2.75, 3.05) is 11.9 Å². The zero-order valence-corrected chi connectivity index (χ0v) is 14.8. The molecule has 0 saturated carbocycles. The minimum Gasteiger partial charge on any atom is -0.481 e. The van der Waals surface area contributed by atoms with E-state index in [-0.39, 0.29) is 30.4 Å². The molecule has 9 nitrogen and oxygen atoms in total. The van der Waals surface area contributed by atoms with Gasteiger partial charge in [-0.3, -0.25) is 19.2 Å². The number of carboxylic acid groups (broad SMARTS) is 1. The Bertz CT molecular complexity index is 704. The summed E-state index contributed by atoms with van der Waals surface area (Å²) in [5.74, 6) is -2.26. The number of aliphatic carboxylic acids is 1. The van der Waals surface area contributed by atoms with Crippen LogP contribution >= 0.6 is 0 Å². The molecule has 0 spiro atoms. The molecule has 0 fully saturated rings. The summed E-state index contributed by atoms with van der Waals surface area (Å²) in [5.41, 5.74) is 6.03. The number of unbranched alkanes of at least 4 members (excludes halogenated alkanes) is 1. The average molecular weight is 377 g/mol. The maximum atomic E-state index is 12.3. The maximum absolute atomic E-state index is 12.3. The standard InChI is InChI=1S/C18H23N3O6/c19-17(26)15(4-3-9-22)21-18(27)14-7-6-13(10-12(14)11-23)20-8-2-1-5-16(24)25/h6-7,9-11,15,20H,1-5,8H2,(H2,19,26)(H,21,27)(H,24,25). The lowest BCUT2D eigenvalue weighted by Crippen LogP contribution is -2.44. The molecular formula is C18H23N3O6. The number of benzene rings is 1. The van der Waals surface area contributed by atoms with Gasteiger partial charge in [-0.2, -0.15) is 0 Å². The Morgan fingerprint density at radius 3 is 2.52 bits per heavy atom. The van der Waals surface area contributed by atoms with Crippen molar-refractivity contribution in [3.8, 4) is 0 Å². The van der Waals surface area contributed by atoms with Gasteiger partial charge in [0.2, 0.25) is 5.91 Å². The Morgan fingerprint density at radius 1 is 1.19 bits per heavy atom. The molecule has 1 aromatic carbocycles. The molecule has 27 heavy (non-hydrogen) atoms. The summed E-state index contributed by atoms with van der Waals surface area (Å²) < 4.78 is 0. The Morgan fingerprint density at radius 2 is 1.93 bits per heavy atom. The number of nitrogens with one attached hydrogen (secondary N) is 2. The third-order valence-electron chi connectivity index (χ3n) is 3.79. The van der Waals surface area contributed by atoms with Crippen LogP contribution in [-0.2, 0) is 14.4 Å². The van der Waals surface area contributed by atoms with Crippen molar-refractivity contribution < 1.29 is 29.1 Å². The molecule has 146 valence electrons. The van der Waals surface area contributed by atoms with Gasteiger partial charge in [0, 0.05) is 36.2 Å². The number of carbonyl (C=O) groups is 5. The predicted octanol–water partition coefficient (Wildman–Crippen LogP) is 0.729. The summed E-state index contributed by atoms with van der Waals surface area (Å²) in [7, 11) is 0. The van der Waals surface area contributed by atoms with Gasteiger partial charge in [-0.1, -0.05) is 0 Å². The van der Waals surface area contributed by atoms with Gasteiger partial charge in [-0.05, 0) is 37.5 Å². The van der Waals surface area contributed by atoms with Crippen LogP contribution in [0.15, 0.2) is 18.2 Å². The van der Waals surface area contributed by atoms with E-state index in [9.17, 15) is 24.0 Å². The molecule has 9 heteroatoms. The van der Waals surface area contributed by atoms with Crippen molar-refractivity contribution in [1.82, 2.24) is 5.32 Å². The van der Waals surface area contributed by atoms with Gasteiger partial charge in [0.1, 0.15) is 12.3 Å². The summed E-state index contributed by atoms with van der Waals surface area (Å²) >= 11 is 0. The molecule has 1 atom stereocenters. The van der Waals surface area contributed by atoms with Gasteiger partial charge in [-0.25, -0.2) is 0 Å². The third kappa shape index (κ3) is 7.68. The molecule has 2 amide bonds. The van der Waals surface area contributed by atoms with E-state index in [1.165, 1.54) is 12.1 Å². The van der Waals surface area contributed by atoms with E-state index in [2.05, 4.69) is 10.6 Å². The smallest absolute Gasteiger partial charge is 0.303 e. The minimum atomic E-state index is -1.01. The van der Waals surface area contributed by atoms with E-state index in [4.69, 9.17) is 10.8 Å². The number of hydrogen-bond donors (Lipinski definition) is 4. The van der Waals surface area contributed by atoms with Gasteiger partial charge in [0.25, 0.3) is 5.91 Å². The fourth-order valence-corrected chi connectivity index (χ4v) is 2.37. The van der Waals surface area contributed by atoms with Crippen LogP contribution in [0.1, 0.15) is 52.8 Å². The second-order valence-electron chi connectivity index (χ2n) is 5.87. The van der Waals surface area contributed by atoms with Crippen LogP contribution < -0.4 is 16.4 Å². The number of nitrogens with two attached hydrogens (primary N) is 1. The van der Waals surface area contributed by atoms with E-state index in [1.54, 1.807) is 6.07 Å². The van der Waals surface area contributed by atoms with Gasteiger partial charge in [-0.15, -0.1) is 0 Å². The van der Waals surface area contributed by atoms with E-state index in [0.717, 1.165) is 0 Å². The van der Waals surface area contributed by atoms with Gasteiger partial charge >= 0.3 is 5.97 Å². The number of primary amides is 1. The van der Waals surface area contributed by atoms with E-state index in [0.29, 0.717) is 37.6 Å². The highest BCUT2D eigenvalue weighted by atomic mass is 16.4. The van der Waals surface area contributed by atoms with E-state index < -0.39 is 23.8 Å². The van der Waals surface area contributed by atoms with Gasteiger partial charge in [0.05, 0.1) is 0 Å². The van der Waals surface area contributed by atoms with Crippen molar-refractivity contribution in [3.63, 3.8) is 0 Å². The summed E-state index contributed by atoms with van der Waals surface area (Å²) in [6, 6.07) is 3.53. The lowest BCUT2D eigenvalue weighted by Gasteiger charge is -2.15. The van der Waals surface area contributed by atoms with Crippen LogP contribution in [0.25, 0.3) is 0 Å². The highest BCUT2D eigenvalue weighted by molar-refractivity contribution is 6.03. The molecule has 1 aromatic rings. The topological polar surface area (TPSA) is 156 Å². The van der Waals surface area contributed by atoms with Crippen molar-refractivity contribution >= 4 is 36.0 Å². The summed E-state index contributed by atoms with van der Waals surface area (Å²) in [6.07, 6.45) is 2.55. The fourth-order valence-electron chi connectivity index (χ4n) is 2.37. The summed E-state index contributed by atoms with van der Waals surface area (Å²) in [5, 5.41) is 14.1. The lowest BCUT2D eigenvalue weighted by molar-refractivity contribution is -0.137. The third-order valence-corrected chi connectivity index (χ3v) is 3.79. The zero-order valence-electron chi connectivity index (χ0n) is 14.8. The molecule has 0 aliphatic carbocycles. The number of carbonyl (C=O) groups excluding carboxylic acids is 4. The first-order valence-electron chi connectivity index (χ1n) is 8.47. The molecule has 0 bridgehead atoms. The molecule has 0 heterocycles. The summed E-state index contributed by atoms with van der Waals surface area (Å²) in [4.78, 5) is 55.9. The van der Waals surface area contributed by atoms with Crippen LogP contribution in [0.5, 0.6) is 0 Å². The first-order valence-corrected chi connectivity index (χ1v) is 8.47. The quantitative estimate of drug-likeness (QED) is 0.291. The Hall–Kier alpha value is -3.23. The number of rotatable bonds is 13. The molecule has 0 saturated heterocycles. The average Bonchev–Trinajstić information content (AvgIpc) is 2.63. The van der Waals surface area contributed by atoms with Crippen molar-refractivity contribution in [2.24, 2.45) is 5.73 Å². The molecule has 1 rings (SSSR count). The highest BCUT2D eigenvalue weighted by Crippen LogP contribution is 2.15. The lowest BCUT2D eigenvalue weighted by atomic mass is 10.1. The molecule has 0 aliphatic heterocycles. The highest BCUT2D eigenvalue weighted by Gasteiger charge is 2.20. The monoisotopic (exact) mass is 377 g/mol. The van der Waals surface area contributed by atoms with Crippen LogP contribution in [0.3, 0.4) is 0 Å². The SMILES string of the molecule is NC(=O)C(CCC=O)NC(=O)c1ccc(NCCCCC(=O)O)cc1C=O. The van der Waals surface area contributed by atoms with Gasteiger partial charge in [0.15, 0.2) is 6.29 Å². The normalized spacial score (nSPS) is 11.3. The Labute approximate surface area is 156 Å². The number of hydrogen-bond acceptors (Lipinski definition) is 6. The van der Waals surface area contributed by atoms with Crippen LogP contribution in [0.4, 0.5) is 5.69 Å². The first-order chi connectivity index (χ1) is 12.9. The molecule has 5 N–H and O–H groups in total. The van der Waals surface area contributed by atoms with Crippen LogP contribution in [0.2, 0.25) is 0 Å². The van der Waals surface area contributed by atoms with Crippen molar-refractivity contribution in [3.05, 3.63) is 29.3 Å². The van der Waals surface area contributed by atoms with Gasteiger partial charge < -0.3 is 26.3 Å². The molecule has 1 unspecified atom stereocenters. The number of carboxylic acids is 1. The van der Waals surface area contributed by atoms with Crippen molar-refractivity contribution in [2.45, 2.75) is 38.1 Å². The Balaban J connectivity index is 2.73. The van der Waals surface area contributed by atoms with Crippen LogP contribution in [0, 0.1) is 0 Å². The molecular weight excluding hydrogens is 354 g/mol. The molecule has 0 radical (unpaired) electrons. The molecule has 0 aliphatic rings. The number of aldehydes is 2. The largest absolute Gasteiger partial charge is 0.481 e.